The van der Waals surface area contributed by atoms with Crippen LogP contribution in [0, 0.1) is 10.7 Å². The van der Waals surface area contributed by atoms with Gasteiger partial charge in [-0.25, -0.2) is 0 Å². The van der Waals surface area contributed by atoms with Gasteiger partial charge in [-0.1, -0.05) is 6.92 Å². The molecule has 3 rings (SSSR count). The molecule has 0 amide bonds. The molecule has 0 spiro atoms. The lowest BCUT2D eigenvalue weighted by Gasteiger charge is -2.17. The van der Waals surface area contributed by atoms with Crippen molar-refractivity contribution in [3.63, 3.8) is 0 Å². The molecule has 0 aliphatic heterocycles. The van der Waals surface area contributed by atoms with Crippen LogP contribution in [0.5, 0.6) is 0 Å². The number of H-pyrrole nitrogens is 1. The predicted molar refractivity (Wildman–Crippen MR) is 82.8 cm³/mol. The predicted octanol–water partition coefficient (Wildman–Crippen LogP) is 3.83. The summed E-state index contributed by atoms with van der Waals surface area (Å²) >= 11 is 7.04. The molecule has 1 aliphatic carbocycles. The number of hydrogen-bond donors (Lipinski definition) is 1. The molecule has 19 heavy (non-hydrogen) atoms. The van der Waals surface area contributed by atoms with E-state index in [0.29, 0.717) is 4.77 Å². The average molecular weight is 294 g/mol. The van der Waals surface area contributed by atoms with Gasteiger partial charge in [-0.05, 0) is 56.8 Å². The normalized spacial score (nSPS) is 19.1. The van der Waals surface area contributed by atoms with Gasteiger partial charge in [0.15, 0.2) is 4.77 Å². The Morgan fingerprint density at radius 1 is 1.47 bits per heavy atom. The van der Waals surface area contributed by atoms with Gasteiger partial charge in [0.25, 0.3) is 5.56 Å². The van der Waals surface area contributed by atoms with Crippen LogP contribution < -0.4 is 5.56 Å². The number of aromatic amines is 1. The zero-order valence-corrected chi connectivity index (χ0v) is 13.1. The van der Waals surface area contributed by atoms with Crippen LogP contribution in [-0.2, 0) is 12.8 Å². The number of aromatic nitrogens is 2. The van der Waals surface area contributed by atoms with Crippen molar-refractivity contribution in [3.05, 3.63) is 25.6 Å². The SMILES string of the molecule is CC1CCc2c(sc3[nH]c(=S)n(C(C)C)c(=O)c23)C1. The second-order valence-electron chi connectivity index (χ2n) is 5.75. The molecule has 0 saturated heterocycles. The van der Waals surface area contributed by atoms with Crippen LogP contribution in [0.25, 0.3) is 10.2 Å². The highest BCUT2D eigenvalue weighted by molar-refractivity contribution is 7.71. The van der Waals surface area contributed by atoms with Gasteiger partial charge in [0.2, 0.25) is 0 Å². The Morgan fingerprint density at radius 3 is 2.89 bits per heavy atom. The van der Waals surface area contributed by atoms with Crippen molar-refractivity contribution in [1.82, 2.24) is 9.55 Å². The largest absolute Gasteiger partial charge is 0.323 e. The molecule has 0 saturated carbocycles. The lowest BCUT2D eigenvalue weighted by molar-refractivity contribution is 0.508. The summed E-state index contributed by atoms with van der Waals surface area (Å²) in [5, 5.41) is 0.884. The third-order valence-corrected chi connectivity index (χ3v) is 5.37. The number of hydrogen-bond acceptors (Lipinski definition) is 3. The topological polar surface area (TPSA) is 37.8 Å². The summed E-state index contributed by atoms with van der Waals surface area (Å²) < 4.78 is 2.24. The van der Waals surface area contributed by atoms with E-state index >= 15 is 0 Å². The van der Waals surface area contributed by atoms with Crippen molar-refractivity contribution < 1.29 is 0 Å². The maximum atomic E-state index is 12.7. The molecule has 1 N–H and O–H groups in total. The summed E-state index contributed by atoms with van der Waals surface area (Å²) in [6, 6.07) is 0.0960. The third-order valence-electron chi connectivity index (χ3n) is 3.90. The molecule has 0 aromatic carbocycles. The zero-order valence-electron chi connectivity index (χ0n) is 11.4. The summed E-state index contributed by atoms with van der Waals surface area (Å²) in [7, 11) is 0. The van der Waals surface area contributed by atoms with E-state index in [1.165, 1.54) is 16.9 Å². The number of fused-ring (bicyclic) bond motifs is 3. The highest BCUT2D eigenvalue weighted by atomic mass is 32.1. The molecule has 0 fully saturated rings. The molecule has 2 aromatic rings. The fraction of sp³-hybridized carbons (Fsp3) is 0.571. The van der Waals surface area contributed by atoms with Gasteiger partial charge in [-0.2, -0.15) is 0 Å². The van der Waals surface area contributed by atoms with Gasteiger partial charge < -0.3 is 4.98 Å². The number of nitrogens with one attached hydrogen (secondary N) is 1. The second-order valence-corrected chi connectivity index (χ2v) is 7.25. The molecule has 0 radical (unpaired) electrons. The van der Waals surface area contributed by atoms with E-state index in [0.717, 1.165) is 29.0 Å². The van der Waals surface area contributed by atoms with Crippen molar-refractivity contribution in [2.75, 3.05) is 0 Å². The maximum Gasteiger partial charge on any atom is 0.263 e. The molecule has 2 heterocycles. The molecule has 102 valence electrons. The molecular formula is C14H18N2OS2. The van der Waals surface area contributed by atoms with E-state index in [9.17, 15) is 4.79 Å². The molecule has 0 bridgehead atoms. The maximum absolute atomic E-state index is 12.7. The van der Waals surface area contributed by atoms with Gasteiger partial charge >= 0.3 is 0 Å². The standard InChI is InChI=1S/C14H18N2OS2/c1-7(2)16-13(17)11-9-5-4-8(3)6-10(9)19-12(11)15-14(16)18/h7-8H,4-6H2,1-3H3,(H,15,18). The van der Waals surface area contributed by atoms with Gasteiger partial charge in [-0.3, -0.25) is 9.36 Å². The van der Waals surface area contributed by atoms with E-state index in [4.69, 9.17) is 12.2 Å². The lowest BCUT2D eigenvalue weighted by atomic mass is 9.89. The zero-order chi connectivity index (χ0) is 13.7. The highest BCUT2D eigenvalue weighted by Crippen LogP contribution is 2.35. The van der Waals surface area contributed by atoms with E-state index in [1.807, 2.05) is 13.8 Å². The van der Waals surface area contributed by atoms with Crippen LogP contribution in [0.2, 0.25) is 0 Å². The van der Waals surface area contributed by atoms with Crippen molar-refractivity contribution >= 4 is 33.8 Å². The van der Waals surface area contributed by atoms with Crippen LogP contribution in [0.1, 0.15) is 43.7 Å². The fourth-order valence-electron chi connectivity index (χ4n) is 2.90. The summed E-state index contributed by atoms with van der Waals surface area (Å²) in [5.41, 5.74) is 1.35. The number of aryl methyl sites for hydroxylation is 1. The summed E-state index contributed by atoms with van der Waals surface area (Å²) in [5.74, 6) is 0.718. The van der Waals surface area contributed by atoms with Gasteiger partial charge in [-0.15, -0.1) is 11.3 Å². The summed E-state index contributed by atoms with van der Waals surface area (Å²) in [4.78, 5) is 18.3. The van der Waals surface area contributed by atoms with Crippen LogP contribution in [0.3, 0.4) is 0 Å². The van der Waals surface area contributed by atoms with Crippen molar-refractivity contribution in [3.8, 4) is 0 Å². The molecule has 1 aliphatic rings. The molecule has 5 heteroatoms. The Morgan fingerprint density at radius 2 is 2.21 bits per heavy atom. The summed E-state index contributed by atoms with van der Waals surface area (Å²) in [6.45, 7) is 6.28. The molecule has 3 nitrogen and oxygen atoms in total. The first-order chi connectivity index (χ1) is 8.99. The number of thiophene rings is 1. The number of nitrogens with zero attached hydrogens (tertiary/aromatic N) is 1. The molecule has 1 atom stereocenters. The first kappa shape index (κ1) is 13.1. The number of rotatable bonds is 1. The minimum atomic E-state index is 0.0841. The summed E-state index contributed by atoms with van der Waals surface area (Å²) in [6.07, 6.45) is 3.29. The Labute approximate surface area is 121 Å². The van der Waals surface area contributed by atoms with Crippen LogP contribution >= 0.6 is 23.6 Å². The monoisotopic (exact) mass is 294 g/mol. The third kappa shape index (κ3) is 1.99. The van der Waals surface area contributed by atoms with E-state index in [2.05, 4.69) is 11.9 Å². The van der Waals surface area contributed by atoms with Crippen molar-refractivity contribution in [1.29, 1.82) is 0 Å². The van der Waals surface area contributed by atoms with Crippen molar-refractivity contribution in [2.45, 2.75) is 46.1 Å². The highest BCUT2D eigenvalue weighted by Gasteiger charge is 2.23. The fourth-order valence-corrected chi connectivity index (χ4v) is 4.77. The first-order valence-electron chi connectivity index (χ1n) is 6.78. The lowest BCUT2D eigenvalue weighted by Crippen LogP contribution is -2.24. The molecule has 2 aromatic heterocycles. The van der Waals surface area contributed by atoms with Crippen molar-refractivity contribution in [2.24, 2.45) is 5.92 Å². The quantitative estimate of drug-likeness (QED) is 0.812. The van der Waals surface area contributed by atoms with E-state index in [1.54, 1.807) is 15.9 Å². The first-order valence-corrected chi connectivity index (χ1v) is 8.00. The second kappa shape index (κ2) is 4.56. The Kier molecular flexibility index (Phi) is 3.14. The molecular weight excluding hydrogens is 276 g/mol. The Hall–Kier alpha value is -0.940. The van der Waals surface area contributed by atoms with E-state index in [-0.39, 0.29) is 11.6 Å². The molecule has 1 unspecified atom stereocenters. The average Bonchev–Trinajstić information content (AvgIpc) is 2.65. The van der Waals surface area contributed by atoms with Gasteiger partial charge in [0.1, 0.15) is 4.83 Å². The van der Waals surface area contributed by atoms with Crippen LogP contribution in [0.15, 0.2) is 4.79 Å². The Bertz CT molecular complexity index is 751. The van der Waals surface area contributed by atoms with Crippen LogP contribution in [-0.4, -0.2) is 9.55 Å². The van der Waals surface area contributed by atoms with Crippen LogP contribution in [0.4, 0.5) is 0 Å². The minimum Gasteiger partial charge on any atom is -0.323 e. The Balaban J connectivity index is 2.37. The van der Waals surface area contributed by atoms with Gasteiger partial charge in [0, 0.05) is 10.9 Å². The smallest absolute Gasteiger partial charge is 0.263 e. The minimum absolute atomic E-state index is 0.0841. The van der Waals surface area contributed by atoms with Gasteiger partial charge in [0.05, 0.1) is 5.39 Å². The van der Waals surface area contributed by atoms with E-state index < -0.39 is 0 Å².